The summed E-state index contributed by atoms with van der Waals surface area (Å²) in [6.07, 6.45) is 5.55. The lowest BCUT2D eigenvalue weighted by Gasteiger charge is -2.32. The Labute approximate surface area is 126 Å². The van der Waals surface area contributed by atoms with Crippen molar-refractivity contribution in [2.45, 2.75) is 43.9 Å². The average molecular weight is 291 g/mol. The first-order valence-electron chi connectivity index (χ1n) is 7.78. The highest BCUT2D eigenvalue weighted by Crippen LogP contribution is 2.23. The van der Waals surface area contributed by atoms with Crippen molar-refractivity contribution in [2.24, 2.45) is 5.92 Å². The van der Waals surface area contributed by atoms with E-state index in [-0.39, 0.29) is 0 Å². The molecule has 1 heterocycles. The Morgan fingerprint density at radius 2 is 2.10 bits per heavy atom. The predicted octanol–water partition coefficient (Wildman–Crippen LogP) is 4.21. The maximum absolute atomic E-state index is 12.3. The zero-order chi connectivity index (χ0) is 14.2. The van der Waals surface area contributed by atoms with E-state index in [4.69, 9.17) is 0 Å². The molecule has 1 unspecified atom stereocenters. The highest BCUT2D eigenvalue weighted by atomic mass is 32.2. The van der Waals surface area contributed by atoms with Crippen LogP contribution in [0.25, 0.3) is 0 Å². The monoisotopic (exact) mass is 291 g/mol. The number of piperidine rings is 1. The number of hydrogen-bond donors (Lipinski definition) is 0. The molecule has 1 amide bonds. The minimum atomic E-state index is 0.301. The van der Waals surface area contributed by atoms with E-state index in [9.17, 15) is 4.79 Å². The standard InChI is InChI=1S/C17H25NOS/c1-2-8-15-9-6-12-18(17(15)19)13-7-14-20-16-10-4-3-5-11-16/h3-5,10-11,15H,2,6-9,12-14H2,1H3. The Morgan fingerprint density at radius 1 is 1.30 bits per heavy atom. The van der Waals surface area contributed by atoms with E-state index in [1.54, 1.807) is 0 Å². The van der Waals surface area contributed by atoms with E-state index in [0.717, 1.165) is 44.5 Å². The summed E-state index contributed by atoms with van der Waals surface area (Å²) in [7, 11) is 0. The van der Waals surface area contributed by atoms with Crippen molar-refractivity contribution < 1.29 is 4.79 Å². The Hall–Kier alpha value is -0.960. The van der Waals surface area contributed by atoms with Gasteiger partial charge in [-0.1, -0.05) is 31.5 Å². The summed E-state index contributed by atoms with van der Waals surface area (Å²) in [5.74, 6) is 1.80. The van der Waals surface area contributed by atoms with Gasteiger partial charge in [0.2, 0.25) is 5.91 Å². The minimum Gasteiger partial charge on any atom is -0.342 e. The number of hydrogen-bond acceptors (Lipinski definition) is 2. The van der Waals surface area contributed by atoms with Crippen LogP contribution in [0, 0.1) is 5.92 Å². The van der Waals surface area contributed by atoms with Crippen molar-refractivity contribution in [1.29, 1.82) is 0 Å². The second-order valence-corrected chi connectivity index (χ2v) is 6.64. The van der Waals surface area contributed by atoms with Gasteiger partial charge >= 0.3 is 0 Å². The minimum absolute atomic E-state index is 0.301. The molecule has 2 nitrogen and oxygen atoms in total. The Balaban J connectivity index is 1.69. The Kier molecular flexibility index (Phi) is 6.44. The second kappa shape index (κ2) is 8.35. The topological polar surface area (TPSA) is 20.3 Å². The van der Waals surface area contributed by atoms with Gasteiger partial charge in [-0.3, -0.25) is 4.79 Å². The fourth-order valence-electron chi connectivity index (χ4n) is 2.82. The molecule has 1 fully saturated rings. The van der Waals surface area contributed by atoms with Crippen LogP contribution < -0.4 is 0 Å². The number of likely N-dealkylation sites (tertiary alicyclic amines) is 1. The number of thioether (sulfide) groups is 1. The largest absolute Gasteiger partial charge is 0.342 e. The first-order chi connectivity index (χ1) is 9.81. The van der Waals surface area contributed by atoms with E-state index in [0.29, 0.717) is 11.8 Å². The Morgan fingerprint density at radius 3 is 2.85 bits per heavy atom. The van der Waals surface area contributed by atoms with Gasteiger partial charge in [0.25, 0.3) is 0 Å². The molecule has 0 saturated carbocycles. The van der Waals surface area contributed by atoms with Crippen LogP contribution >= 0.6 is 11.8 Å². The summed E-state index contributed by atoms with van der Waals surface area (Å²) in [6, 6.07) is 10.5. The molecule has 1 aromatic rings. The summed E-state index contributed by atoms with van der Waals surface area (Å²) in [5.41, 5.74) is 0. The molecule has 20 heavy (non-hydrogen) atoms. The number of amides is 1. The summed E-state index contributed by atoms with van der Waals surface area (Å²) in [4.78, 5) is 15.7. The number of rotatable bonds is 7. The SMILES string of the molecule is CCCC1CCCN(CCCSc2ccccc2)C1=O. The number of carbonyl (C=O) groups excluding carboxylic acids is 1. The average Bonchev–Trinajstić information content (AvgIpc) is 2.48. The van der Waals surface area contributed by atoms with Crippen LogP contribution in [0.5, 0.6) is 0 Å². The summed E-state index contributed by atoms with van der Waals surface area (Å²) in [5, 5.41) is 0. The molecule has 0 bridgehead atoms. The third kappa shape index (κ3) is 4.55. The van der Waals surface area contributed by atoms with Gasteiger partial charge in [0.1, 0.15) is 0 Å². The van der Waals surface area contributed by atoms with Gasteiger partial charge in [-0.25, -0.2) is 0 Å². The third-order valence-corrected chi connectivity index (χ3v) is 4.96. The molecule has 1 saturated heterocycles. The molecule has 1 aromatic carbocycles. The van der Waals surface area contributed by atoms with Crippen LogP contribution in [-0.4, -0.2) is 29.6 Å². The van der Waals surface area contributed by atoms with Crippen LogP contribution in [-0.2, 0) is 4.79 Å². The molecular formula is C17H25NOS. The molecule has 1 aliphatic rings. The summed E-state index contributed by atoms with van der Waals surface area (Å²) < 4.78 is 0. The Bertz CT molecular complexity index is 405. The summed E-state index contributed by atoms with van der Waals surface area (Å²) >= 11 is 1.88. The molecule has 1 atom stereocenters. The van der Waals surface area contributed by atoms with Crippen molar-refractivity contribution in [3.05, 3.63) is 30.3 Å². The fraction of sp³-hybridized carbons (Fsp3) is 0.588. The molecule has 0 aromatic heterocycles. The van der Waals surface area contributed by atoms with Gasteiger partial charge in [-0.05, 0) is 43.6 Å². The van der Waals surface area contributed by atoms with E-state index in [1.165, 1.54) is 11.3 Å². The van der Waals surface area contributed by atoms with Crippen LogP contribution in [0.3, 0.4) is 0 Å². The smallest absolute Gasteiger partial charge is 0.225 e. The molecular weight excluding hydrogens is 266 g/mol. The number of benzene rings is 1. The maximum Gasteiger partial charge on any atom is 0.225 e. The van der Waals surface area contributed by atoms with Crippen LogP contribution in [0.2, 0.25) is 0 Å². The quantitative estimate of drug-likeness (QED) is 0.554. The molecule has 0 N–H and O–H groups in total. The molecule has 0 aliphatic carbocycles. The van der Waals surface area contributed by atoms with Gasteiger partial charge in [-0.2, -0.15) is 0 Å². The zero-order valence-corrected chi connectivity index (χ0v) is 13.2. The van der Waals surface area contributed by atoms with Crippen LogP contribution in [0.4, 0.5) is 0 Å². The predicted molar refractivity (Wildman–Crippen MR) is 86.0 cm³/mol. The zero-order valence-electron chi connectivity index (χ0n) is 12.4. The highest BCUT2D eigenvalue weighted by molar-refractivity contribution is 7.99. The summed E-state index contributed by atoms with van der Waals surface area (Å²) in [6.45, 7) is 4.07. The lowest BCUT2D eigenvalue weighted by Crippen LogP contribution is -2.41. The van der Waals surface area contributed by atoms with Gasteiger partial charge in [0, 0.05) is 23.9 Å². The van der Waals surface area contributed by atoms with Crippen molar-refractivity contribution in [3.63, 3.8) is 0 Å². The molecule has 2 rings (SSSR count). The van der Waals surface area contributed by atoms with Gasteiger partial charge in [0.05, 0.1) is 0 Å². The first-order valence-corrected chi connectivity index (χ1v) is 8.76. The van der Waals surface area contributed by atoms with E-state index in [2.05, 4.69) is 36.1 Å². The van der Waals surface area contributed by atoms with E-state index in [1.807, 2.05) is 17.8 Å². The maximum atomic E-state index is 12.3. The van der Waals surface area contributed by atoms with Gasteiger partial charge in [-0.15, -0.1) is 11.8 Å². The van der Waals surface area contributed by atoms with Crippen molar-refractivity contribution >= 4 is 17.7 Å². The second-order valence-electron chi connectivity index (χ2n) is 5.47. The van der Waals surface area contributed by atoms with Crippen molar-refractivity contribution in [1.82, 2.24) is 4.90 Å². The van der Waals surface area contributed by atoms with Crippen LogP contribution in [0.15, 0.2) is 35.2 Å². The van der Waals surface area contributed by atoms with E-state index < -0.39 is 0 Å². The molecule has 3 heteroatoms. The van der Waals surface area contributed by atoms with E-state index >= 15 is 0 Å². The lowest BCUT2D eigenvalue weighted by atomic mass is 9.93. The normalized spacial score (nSPS) is 19.4. The third-order valence-electron chi connectivity index (χ3n) is 3.86. The molecule has 1 aliphatic heterocycles. The number of nitrogens with zero attached hydrogens (tertiary/aromatic N) is 1. The molecule has 110 valence electrons. The van der Waals surface area contributed by atoms with Gasteiger partial charge < -0.3 is 4.90 Å². The molecule has 0 radical (unpaired) electrons. The fourth-order valence-corrected chi connectivity index (χ4v) is 3.68. The lowest BCUT2D eigenvalue weighted by molar-refractivity contribution is -0.138. The van der Waals surface area contributed by atoms with Crippen LogP contribution in [0.1, 0.15) is 39.0 Å². The highest BCUT2D eigenvalue weighted by Gasteiger charge is 2.27. The number of carbonyl (C=O) groups is 1. The van der Waals surface area contributed by atoms with Crippen molar-refractivity contribution in [3.8, 4) is 0 Å². The first kappa shape index (κ1) is 15.4. The van der Waals surface area contributed by atoms with Gasteiger partial charge in [0.15, 0.2) is 0 Å². The van der Waals surface area contributed by atoms with Crippen molar-refractivity contribution in [2.75, 3.05) is 18.8 Å². The molecule has 0 spiro atoms.